The largest absolute Gasteiger partial charge is 0.103 e. The van der Waals surface area contributed by atoms with Gasteiger partial charge in [0.15, 0.2) is 0 Å². The fraction of sp³-hybridized carbons (Fsp3) is 0.800. The van der Waals surface area contributed by atoms with E-state index in [4.69, 9.17) is 0 Å². The van der Waals surface area contributed by atoms with Gasteiger partial charge < -0.3 is 0 Å². The molecule has 0 aromatic rings. The van der Waals surface area contributed by atoms with E-state index < -0.39 is 0 Å². The highest BCUT2D eigenvalue weighted by molar-refractivity contribution is 9.09. The maximum absolute atomic E-state index is 3.77. The highest BCUT2D eigenvalue weighted by Crippen LogP contribution is 2.43. The monoisotopic (exact) mass is 216 g/mol. The summed E-state index contributed by atoms with van der Waals surface area (Å²) in [5, 5.41) is 1.19. The van der Waals surface area contributed by atoms with Crippen molar-refractivity contribution in [3.63, 3.8) is 0 Å². The van der Waals surface area contributed by atoms with Crippen molar-refractivity contribution < 1.29 is 0 Å². The van der Waals surface area contributed by atoms with E-state index in [1.807, 2.05) is 6.08 Å². The van der Waals surface area contributed by atoms with Gasteiger partial charge in [-0.2, -0.15) is 0 Å². The summed E-state index contributed by atoms with van der Waals surface area (Å²) >= 11 is 3.63. The zero-order valence-corrected chi connectivity index (χ0v) is 8.70. The molecule has 0 bridgehead atoms. The predicted octanol–water partition coefficient (Wildman–Crippen LogP) is 3.91. The highest BCUT2D eigenvalue weighted by atomic mass is 79.9. The Kier molecular flexibility index (Phi) is 3.64. The fourth-order valence-corrected chi connectivity index (χ4v) is 2.82. The van der Waals surface area contributed by atoms with Crippen molar-refractivity contribution in [2.24, 2.45) is 5.41 Å². The maximum Gasteiger partial charge on any atom is 0.00880 e. The molecule has 0 aliphatic heterocycles. The summed E-state index contributed by atoms with van der Waals surface area (Å²) < 4.78 is 0. The second-order valence-corrected chi connectivity index (χ2v) is 4.23. The topological polar surface area (TPSA) is 0 Å². The minimum atomic E-state index is 0.633. The van der Waals surface area contributed by atoms with Crippen LogP contribution in [0.4, 0.5) is 0 Å². The molecule has 0 aromatic heterocycles. The number of alkyl halides is 1. The van der Waals surface area contributed by atoms with Gasteiger partial charge in [0.1, 0.15) is 0 Å². The standard InChI is InChI=1S/C10H17Br/c1-2-3-6-10(9-11)7-4-5-8-10/h2H,1,3-9H2. The SMILES string of the molecule is C=CCCC1(CBr)CCCC1. The summed E-state index contributed by atoms with van der Waals surface area (Å²) in [5.41, 5.74) is 0.633. The van der Waals surface area contributed by atoms with E-state index in [9.17, 15) is 0 Å². The molecule has 0 aromatic carbocycles. The van der Waals surface area contributed by atoms with Crippen molar-refractivity contribution >= 4 is 15.9 Å². The second kappa shape index (κ2) is 4.30. The van der Waals surface area contributed by atoms with Crippen LogP contribution in [0.25, 0.3) is 0 Å². The molecule has 0 spiro atoms. The van der Waals surface area contributed by atoms with Crippen molar-refractivity contribution in [3.8, 4) is 0 Å². The van der Waals surface area contributed by atoms with E-state index in [-0.39, 0.29) is 0 Å². The molecule has 0 radical (unpaired) electrons. The average Bonchev–Trinajstić information content (AvgIpc) is 2.50. The van der Waals surface area contributed by atoms with Crippen molar-refractivity contribution in [2.75, 3.05) is 5.33 Å². The van der Waals surface area contributed by atoms with Crippen LogP contribution in [0.5, 0.6) is 0 Å². The van der Waals surface area contributed by atoms with Gasteiger partial charge in [0.05, 0.1) is 0 Å². The van der Waals surface area contributed by atoms with Gasteiger partial charge in [0.25, 0.3) is 0 Å². The Bertz CT molecular complexity index is 123. The van der Waals surface area contributed by atoms with Gasteiger partial charge >= 0.3 is 0 Å². The first kappa shape index (κ1) is 9.31. The Morgan fingerprint density at radius 1 is 1.36 bits per heavy atom. The smallest absolute Gasteiger partial charge is 0.00880 e. The van der Waals surface area contributed by atoms with Gasteiger partial charge in [-0.25, -0.2) is 0 Å². The maximum atomic E-state index is 3.77. The average molecular weight is 217 g/mol. The quantitative estimate of drug-likeness (QED) is 0.494. The Labute approximate surface area is 78.2 Å². The normalized spacial score (nSPS) is 21.9. The van der Waals surface area contributed by atoms with Gasteiger partial charge in [-0.3, -0.25) is 0 Å². The van der Waals surface area contributed by atoms with Crippen molar-refractivity contribution in [1.82, 2.24) is 0 Å². The summed E-state index contributed by atoms with van der Waals surface area (Å²) in [7, 11) is 0. The Balaban J connectivity index is 2.38. The fourth-order valence-electron chi connectivity index (χ4n) is 1.98. The zero-order valence-electron chi connectivity index (χ0n) is 7.11. The van der Waals surface area contributed by atoms with Crippen molar-refractivity contribution in [1.29, 1.82) is 0 Å². The van der Waals surface area contributed by atoms with Gasteiger partial charge in [-0.1, -0.05) is 34.8 Å². The number of rotatable bonds is 4. The third-order valence-electron chi connectivity index (χ3n) is 2.83. The molecule has 1 rings (SSSR count). The predicted molar refractivity (Wildman–Crippen MR) is 54.1 cm³/mol. The minimum absolute atomic E-state index is 0.633. The van der Waals surface area contributed by atoms with Crippen LogP contribution < -0.4 is 0 Å². The van der Waals surface area contributed by atoms with Crippen LogP contribution >= 0.6 is 15.9 Å². The van der Waals surface area contributed by atoms with E-state index in [1.165, 1.54) is 43.9 Å². The summed E-state index contributed by atoms with van der Waals surface area (Å²) in [6.45, 7) is 3.77. The van der Waals surface area contributed by atoms with Crippen molar-refractivity contribution in [2.45, 2.75) is 38.5 Å². The number of halogens is 1. The molecule has 1 heteroatoms. The third kappa shape index (κ3) is 2.33. The van der Waals surface area contributed by atoms with E-state index in [0.717, 1.165) is 0 Å². The first-order chi connectivity index (χ1) is 5.33. The Hall–Kier alpha value is 0.220. The lowest BCUT2D eigenvalue weighted by atomic mass is 9.84. The van der Waals surface area contributed by atoms with E-state index in [2.05, 4.69) is 22.5 Å². The molecule has 0 atom stereocenters. The molecule has 1 aliphatic carbocycles. The second-order valence-electron chi connectivity index (χ2n) is 3.67. The molecule has 0 unspecified atom stereocenters. The number of hydrogen-bond donors (Lipinski definition) is 0. The van der Waals surface area contributed by atoms with Crippen LogP contribution in [0.3, 0.4) is 0 Å². The van der Waals surface area contributed by atoms with E-state index in [1.54, 1.807) is 0 Å². The van der Waals surface area contributed by atoms with Gasteiger partial charge in [0.2, 0.25) is 0 Å². The highest BCUT2D eigenvalue weighted by Gasteiger charge is 2.31. The lowest BCUT2D eigenvalue weighted by Gasteiger charge is -2.25. The van der Waals surface area contributed by atoms with Crippen LogP contribution in [0.1, 0.15) is 38.5 Å². The molecule has 1 aliphatic rings. The summed E-state index contributed by atoms with van der Waals surface area (Å²) in [6.07, 6.45) is 10.3. The molecule has 0 amide bonds. The van der Waals surface area contributed by atoms with Gasteiger partial charge in [0, 0.05) is 5.33 Å². The molecule has 0 N–H and O–H groups in total. The Morgan fingerprint density at radius 3 is 2.45 bits per heavy atom. The van der Waals surface area contributed by atoms with Crippen LogP contribution in [-0.2, 0) is 0 Å². The van der Waals surface area contributed by atoms with Crippen molar-refractivity contribution in [3.05, 3.63) is 12.7 Å². The lowest BCUT2D eigenvalue weighted by Crippen LogP contribution is -2.17. The lowest BCUT2D eigenvalue weighted by molar-refractivity contribution is 0.322. The van der Waals surface area contributed by atoms with Crippen LogP contribution in [-0.4, -0.2) is 5.33 Å². The zero-order chi connectivity index (χ0) is 8.16. The van der Waals surface area contributed by atoms with E-state index >= 15 is 0 Å². The minimum Gasteiger partial charge on any atom is -0.103 e. The summed E-state index contributed by atoms with van der Waals surface area (Å²) in [5.74, 6) is 0. The molecule has 64 valence electrons. The van der Waals surface area contributed by atoms with Crippen LogP contribution in [0, 0.1) is 5.41 Å². The molecular formula is C10H17Br. The summed E-state index contributed by atoms with van der Waals surface area (Å²) in [4.78, 5) is 0. The Morgan fingerprint density at radius 2 is 2.00 bits per heavy atom. The van der Waals surface area contributed by atoms with Crippen LogP contribution in [0.15, 0.2) is 12.7 Å². The first-order valence-electron chi connectivity index (χ1n) is 4.50. The first-order valence-corrected chi connectivity index (χ1v) is 5.62. The van der Waals surface area contributed by atoms with Gasteiger partial charge in [-0.15, -0.1) is 6.58 Å². The molecule has 0 heterocycles. The molecule has 1 saturated carbocycles. The molecule has 1 fully saturated rings. The summed E-state index contributed by atoms with van der Waals surface area (Å²) in [6, 6.07) is 0. The molecular weight excluding hydrogens is 200 g/mol. The number of hydrogen-bond acceptors (Lipinski definition) is 0. The molecule has 11 heavy (non-hydrogen) atoms. The van der Waals surface area contributed by atoms with E-state index in [0.29, 0.717) is 5.41 Å². The van der Waals surface area contributed by atoms with Crippen LogP contribution in [0.2, 0.25) is 0 Å². The molecule has 0 nitrogen and oxygen atoms in total. The van der Waals surface area contributed by atoms with Gasteiger partial charge in [-0.05, 0) is 31.1 Å². The number of allylic oxidation sites excluding steroid dienone is 1. The third-order valence-corrected chi connectivity index (χ3v) is 4.02. The molecule has 0 saturated heterocycles.